The van der Waals surface area contributed by atoms with Gasteiger partial charge in [-0.25, -0.2) is 4.79 Å². The average Bonchev–Trinajstić information content (AvgIpc) is 2.46. The number of aliphatic carboxylic acids is 1. The zero-order valence-corrected chi connectivity index (χ0v) is 10.2. The van der Waals surface area contributed by atoms with E-state index < -0.39 is 5.97 Å². The van der Waals surface area contributed by atoms with E-state index in [0.29, 0.717) is 5.75 Å². The first-order valence-electron chi connectivity index (χ1n) is 5.79. The molecule has 0 saturated heterocycles. The number of carbonyl (C=O) groups is 1. The lowest BCUT2D eigenvalue weighted by Crippen LogP contribution is -2.09. The van der Waals surface area contributed by atoms with E-state index in [-0.39, 0.29) is 6.61 Å². The molecule has 0 aliphatic carbocycles. The van der Waals surface area contributed by atoms with Gasteiger partial charge < -0.3 is 9.84 Å². The lowest BCUT2D eigenvalue weighted by molar-refractivity contribution is -0.139. The number of carboxylic acids is 1. The van der Waals surface area contributed by atoms with Crippen LogP contribution in [0.4, 0.5) is 0 Å². The normalized spacial score (nSPS) is 9.89. The molecule has 2 rings (SSSR count). The Morgan fingerprint density at radius 2 is 1.58 bits per heavy atom. The van der Waals surface area contributed by atoms with Crippen molar-refractivity contribution in [1.29, 1.82) is 0 Å². The van der Waals surface area contributed by atoms with Crippen LogP contribution in [0, 0.1) is 6.58 Å². The van der Waals surface area contributed by atoms with E-state index in [0.717, 1.165) is 16.7 Å². The largest absolute Gasteiger partial charge is 0.482 e. The molecule has 95 valence electrons. The summed E-state index contributed by atoms with van der Waals surface area (Å²) in [4.78, 5) is 10.4. The molecule has 19 heavy (non-hydrogen) atoms. The Kier molecular flexibility index (Phi) is 3.98. The quantitative estimate of drug-likeness (QED) is 0.889. The van der Waals surface area contributed by atoms with Gasteiger partial charge in [-0.1, -0.05) is 49.1 Å². The first-order valence-corrected chi connectivity index (χ1v) is 5.79. The van der Waals surface area contributed by atoms with Gasteiger partial charge in [-0.05, 0) is 28.8 Å². The maximum absolute atomic E-state index is 10.4. The van der Waals surface area contributed by atoms with Gasteiger partial charge in [0.2, 0.25) is 0 Å². The number of hydrogen-bond donors (Lipinski definition) is 1. The molecular formula is C16H13O3. The van der Waals surface area contributed by atoms with Gasteiger partial charge in [0.15, 0.2) is 6.61 Å². The molecule has 0 aliphatic rings. The van der Waals surface area contributed by atoms with Crippen LogP contribution >= 0.6 is 0 Å². The molecule has 0 heterocycles. The van der Waals surface area contributed by atoms with Crippen molar-refractivity contribution in [3.63, 3.8) is 0 Å². The summed E-state index contributed by atoms with van der Waals surface area (Å²) in [6.45, 7) is 5.09. The molecule has 1 N–H and O–H groups in total. The maximum Gasteiger partial charge on any atom is 0.341 e. The molecule has 0 fully saturated rings. The molecule has 0 saturated carbocycles. The molecule has 3 nitrogen and oxygen atoms in total. The fourth-order valence-electron chi connectivity index (χ4n) is 1.68. The number of ether oxygens (including phenoxy) is 1. The van der Waals surface area contributed by atoms with Crippen LogP contribution in [0.1, 0.15) is 5.56 Å². The van der Waals surface area contributed by atoms with E-state index in [9.17, 15) is 4.79 Å². The SMILES string of the molecule is [CH]=Cc1ccc(-c2ccc(OCC(=O)O)cc2)cc1. The maximum atomic E-state index is 10.4. The van der Waals surface area contributed by atoms with E-state index in [1.165, 1.54) is 0 Å². The Morgan fingerprint density at radius 3 is 2.05 bits per heavy atom. The van der Waals surface area contributed by atoms with Gasteiger partial charge in [-0.3, -0.25) is 0 Å². The van der Waals surface area contributed by atoms with Gasteiger partial charge in [0.25, 0.3) is 0 Å². The minimum atomic E-state index is -0.988. The number of benzene rings is 2. The molecule has 1 radical (unpaired) electrons. The molecule has 0 amide bonds. The van der Waals surface area contributed by atoms with Gasteiger partial charge in [-0.2, -0.15) is 0 Å². The van der Waals surface area contributed by atoms with Gasteiger partial charge in [0, 0.05) is 0 Å². The predicted octanol–water partition coefficient (Wildman–Crippen LogP) is 3.26. The van der Waals surface area contributed by atoms with Crippen molar-refractivity contribution in [3.05, 3.63) is 60.7 Å². The monoisotopic (exact) mass is 253 g/mol. The van der Waals surface area contributed by atoms with E-state index >= 15 is 0 Å². The van der Waals surface area contributed by atoms with Crippen molar-refractivity contribution < 1.29 is 14.6 Å². The summed E-state index contributed by atoms with van der Waals surface area (Å²) in [6, 6.07) is 15.1. The fourth-order valence-corrected chi connectivity index (χ4v) is 1.68. The Morgan fingerprint density at radius 1 is 1.05 bits per heavy atom. The molecule has 2 aromatic rings. The van der Waals surface area contributed by atoms with Crippen molar-refractivity contribution in [2.45, 2.75) is 0 Å². The lowest BCUT2D eigenvalue weighted by atomic mass is 10.0. The second kappa shape index (κ2) is 5.87. The first kappa shape index (κ1) is 12.9. The molecule has 0 unspecified atom stereocenters. The summed E-state index contributed by atoms with van der Waals surface area (Å²) in [5, 5.41) is 8.52. The zero-order chi connectivity index (χ0) is 13.7. The second-order valence-electron chi connectivity index (χ2n) is 4.00. The van der Waals surface area contributed by atoms with Crippen molar-refractivity contribution >= 4 is 12.0 Å². The van der Waals surface area contributed by atoms with Gasteiger partial charge in [-0.15, -0.1) is 0 Å². The number of rotatable bonds is 5. The summed E-state index contributed by atoms with van der Waals surface area (Å²) in [6.07, 6.45) is 1.55. The van der Waals surface area contributed by atoms with Crippen LogP contribution in [0.25, 0.3) is 17.2 Å². The van der Waals surface area contributed by atoms with Crippen molar-refractivity contribution in [2.24, 2.45) is 0 Å². The predicted molar refractivity (Wildman–Crippen MR) is 73.8 cm³/mol. The average molecular weight is 253 g/mol. The van der Waals surface area contributed by atoms with E-state index in [1.54, 1.807) is 18.2 Å². The van der Waals surface area contributed by atoms with E-state index in [2.05, 4.69) is 0 Å². The Bertz CT molecular complexity index is 568. The smallest absolute Gasteiger partial charge is 0.341 e. The minimum absolute atomic E-state index is 0.333. The minimum Gasteiger partial charge on any atom is -0.482 e. The highest BCUT2D eigenvalue weighted by molar-refractivity contribution is 5.69. The molecule has 0 aromatic heterocycles. The third kappa shape index (κ3) is 3.45. The molecule has 3 heteroatoms. The van der Waals surface area contributed by atoms with Crippen LogP contribution < -0.4 is 4.74 Å². The molecular weight excluding hydrogens is 240 g/mol. The molecule has 2 aromatic carbocycles. The Labute approximate surface area is 111 Å². The van der Waals surface area contributed by atoms with Crippen LogP contribution in [0.15, 0.2) is 48.5 Å². The van der Waals surface area contributed by atoms with E-state index in [1.807, 2.05) is 36.4 Å². The zero-order valence-electron chi connectivity index (χ0n) is 10.2. The lowest BCUT2D eigenvalue weighted by Gasteiger charge is -2.05. The van der Waals surface area contributed by atoms with Crippen LogP contribution in [-0.4, -0.2) is 17.7 Å². The van der Waals surface area contributed by atoms with E-state index in [4.69, 9.17) is 16.4 Å². The second-order valence-corrected chi connectivity index (χ2v) is 4.00. The first-order chi connectivity index (χ1) is 9.19. The fraction of sp³-hybridized carbons (Fsp3) is 0.0625. The van der Waals surface area contributed by atoms with Crippen LogP contribution in [0.3, 0.4) is 0 Å². The van der Waals surface area contributed by atoms with Crippen molar-refractivity contribution in [1.82, 2.24) is 0 Å². The molecule has 0 bridgehead atoms. The van der Waals surface area contributed by atoms with Crippen LogP contribution in [0.2, 0.25) is 0 Å². The highest BCUT2D eigenvalue weighted by Gasteiger charge is 2.01. The standard InChI is InChI=1S/C16H13O3/c1-2-12-3-5-13(6-4-12)14-7-9-15(10-8-14)19-11-16(17)18/h1-10H,11H2,(H,17,18). The molecule has 0 spiro atoms. The molecule has 0 aliphatic heterocycles. The summed E-state index contributed by atoms with van der Waals surface area (Å²) in [7, 11) is 0. The van der Waals surface area contributed by atoms with Crippen molar-refractivity contribution in [2.75, 3.05) is 6.61 Å². The van der Waals surface area contributed by atoms with Crippen LogP contribution in [-0.2, 0) is 4.79 Å². The summed E-state index contributed by atoms with van der Waals surface area (Å²) >= 11 is 0. The summed E-state index contributed by atoms with van der Waals surface area (Å²) < 4.78 is 5.07. The Balaban J connectivity index is 2.12. The highest BCUT2D eigenvalue weighted by atomic mass is 16.5. The third-order valence-electron chi connectivity index (χ3n) is 2.65. The topological polar surface area (TPSA) is 46.5 Å². The highest BCUT2D eigenvalue weighted by Crippen LogP contribution is 2.23. The van der Waals surface area contributed by atoms with Crippen LogP contribution in [0.5, 0.6) is 5.75 Å². The van der Waals surface area contributed by atoms with Gasteiger partial charge in [0.1, 0.15) is 5.75 Å². The Hall–Kier alpha value is -2.55. The van der Waals surface area contributed by atoms with Gasteiger partial charge in [0.05, 0.1) is 0 Å². The van der Waals surface area contributed by atoms with Gasteiger partial charge >= 0.3 is 5.97 Å². The molecule has 0 atom stereocenters. The number of carboxylic acid groups (broad SMARTS) is 1. The third-order valence-corrected chi connectivity index (χ3v) is 2.65. The van der Waals surface area contributed by atoms with Crippen molar-refractivity contribution in [3.8, 4) is 16.9 Å². The summed E-state index contributed by atoms with van der Waals surface area (Å²) in [5.41, 5.74) is 3.06. The summed E-state index contributed by atoms with van der Waals surface area (Å²) in [5.74, 6) is -0.448. The number of hydrogen-bond acceptors (Lipinski definition) is 2.